The highest BCUT2D eigenvalue weighted by atomic mass is 16.6. The van der Waals surface area contributed by atoms with Crippen LogP contribution >= 0.6 is 0 Å². The van der Waals surface area contributed by atoms with Crippen molar-refractivity contribution in [2.24, 2.45) is 0 Å². The summed E-state index contributed by atoms with van der Waals surface area (Å²) in [6.45, 7) is 3.72. The molecule has 1 atom stereocenters. The zero-order chi connectivity index (χ0) is 13.1. The molecule has 1 N–H and O–H groups in total. The number of anilines is 1. The van der Waals surface area contributed by atoms with E-state index in [0.717, 1.165) is 31.6 Å². The van der Waals surface area contributed by atoms with E-state index < -0.39 is 0 Å². The lowest BCUT2D eigenvalue weighted by atomic mass is 10.1. The third kappa shape index (κ3) is 2.59. The third-order valence-corrected chi connectivity index (χ3v) is 3.34. The summed E-state index contributed by atoms with van der Waals surface area (Å²) in [4.78, 5) is 16.9. The van der Waals surface area contributed by atoms with E-state index in [9.17, 15) is 10.1 Å². The fraction of sp³-hybridized carbons (Fsp3) is 0.583. The van der Waals surface area contributed by atoms with Crippen LogP contribution in [0, 0.1) is 17.0 Å². The van der Waals surface area contributed by atoms with Gasteiger partial charge in [0, 0.05) is 31.4 Å². The highest BCUT2D eigenvalue weighted by Gasteiger charge is 2.25. The third-order valence-electron chi connectivity index (χ3n) is 3.34. The number of nitro groups is 1. The number of pyridine rings is 1. The Kier molecular flexibility index (Phi) is 3.76. The maximum atomic E-state index is 11.0. The molecular weight excluding hydrogens is 232 g/mol. The molecule has 1 aromatic rings. The molecule has 0 radical (unpaired) electrons. The summed E-state index contributed by atoms with van der Waals surface area (Å²) in [5, 5.41) is 14.4. The SMILES string of the molecule is Cc1ccc([N+](=O)[O-])c(N(C)C2CCCNC2)n1. The van der Waals surface area contributed by atoms with E-state index in [2.05, 4.69) is 10.3 Å². The van der Waals surface area contributed by atoms with E-state index in [0.29, 0.717) is 5.82 Å². The van der Waals surface area contributed by atoms with Crippen molar-refractivity contribution in [3.8, 4) is 0 Å². The topological polar surface area (TPSA) is 71.3 Å². The van der Waals surface area contributed by atoms with E-state index in [-0.39, 0.29) is 16.7 Å². The summed E-state index contributed by atoms with van der Waals surface area (Å²) < 4.78 is 0. The Hall–Kier alpha value is -1.69. The Bertz CT molecular complexity index is 444. The highest BCUT2D eigenvalue weighted by molar-refractivity contribution is 5.58. The minimum absolute atomic E-state index is 0.0775. The van der Waals surface area contributed by atoms with Crippen LogP contribution in [-0.2, 0) is 0 Å². The second-order valence-electron chi connectivity index (χ2n) is 4.66. The first-order valence-corrected chi connectivity index (χ1v) is 6.15. The second kappa shape index (κ2) is 5.30. The van der Waals surface area contributed by atoms with Gasteiger partial charge in [0.1, 0.15) is 0 Å². The van der Waals surface area contributed by atoms with Crippen molar-refractivity contribution >= 4 is 11.5 Å². The average Bonchev–Trinajstić information content (AvgIpc) is 2.38. The predicted octanol–water partition coefficient (Wildman–Crippen LogP) is 1.49. The molecule has 1 aliphatic rings. The largest absolute Gasteiger partial charge is 0.350 e. The van der Waals surface area contributed by atoms with Gasteiger partial charge >= 0.3 is 5.69 Å². The van der Waals surface area contributed by atoms with Gasteiger partial charge in [-0.05, 0) is 32.4 Å². The Balaban J connectivity index is 2.30. The number of piperidine rings is 1. The van der Waals surface area contributed by atoms with Gasteiger partial charge in [0.15, 0.2) is 0 Å². The van der Waals surface area contributed by atoms with Gasteiger partial charge in [-0.2, -0.15) is 0 Å². The minimum Gasteiger partial charge on any atom is -0.350 e. The number of nitrogens with one attached hydrogen (secondary N) is 1. The van der Waals surface area contributed by atoms with E-state index in [4.69, 9.17) is 0 Å². The zero-order valence-corrected chi connectivity index (χ0v) is 10.7. The van der Waals surface area contributed by atoms with Gasteiger partial charge in [-0.1, -0.05) is 0 Å². The van der Waals surface area contributed by atoms with E-state index >= 15 is 0 Å². The molecule has 2 rings (SSSR count). The molecule has 0 aliphatic carbocycles. The van der Waals surface area contributed by atoms with E-state index in [1.165, 1.54) is 6.07 Å². The summed E-state index contributed by atoms with van der Waals surface area (Å²) in [5.74, 6) is 0.466. The van der Waals surface area contributed by atoms with Crippen LogP contribution in [0.15, 0.2) is 12.1 Å². The van der Waals surface area contributed by atoms with Crippen LogP contribution in [0.4, 0.5) is 11.5 Å². The number of rotatable bonds is 3. The molecule has 0 amide bonds. The minimum atomic E-state index is -0.367. The van der Waals surface area contributed by atoms with Crippen molar-refractivity contribution < 1.29 is 4.92 Å². The number of hydrogen-bond donors (Lipinski definition) is 1. The van der Waals surface area contributed by atoms with E-state index in [1.807, 2.05) is 18.9 Å². The van der Waals surface area contributed by atoms with Crippen molar-refractivity contribution in [2.75, 3.05) is 25.0 Å². The number of nitrogens with zero attached hydrogens (tertiary/aromatic N) is 3. The summed E-state index contributed by atoms with van der Waals surface area (Å²) in [7, 11) is 1.88. The van der Waals surface area contributed by atoms with Crippen LogP contribution in [-0.4, -0.2) is 36.1 Å². The van der Waals surface area contributed by atoms with Crippen molar-refractivity contribution in [2.45, 2.75) is 25.8 Å². The normalized spacial score (nSPS) is 19.6. The van der Waals surface area contributed by atoms with Crippen LogP contribution < -0.4 is 10.2 Å². The lowest BCUT2D eigenvalue weighted by molar-refractivity contribution is -0.384. The second-order valence-corrected chi connectivity index (χ2v) is 4.66. The molecular formula is C12H18N4O2. The molecule has 0 bridgehead atoms. The molecule has 1 fully saturated rings. The summed E-state index contributed by atoms with van der Waals surface area (Å²) >= 11 is 0. The average molecular weight is 250 g/mol. The van der Waals surface area contributed by atoms with Crippen LogP contribution in [0.25, 0.3) is 0 Å². The first kappa shape index (κ1) is 12.8. The van der Waals surface area contributed by atoms with Crippen molar-refractivity contribution in [1.29, 1.82) is 0 Å². The van der Waals surface area contributed by atoms with Gasteiger partial charge in [0.25, 0.3) is 0 Å². The molecule has 1 aliphatic heterocycles. The van der Waals surface area contributed by atoms with Gasteiger partial charge in [-0.15, -0.1) is 0 Å². The van der Waals surface area contributed by atoms with Gasteiger partial charge in [0.2, 0.25) is 5.82 Å². The summed E-state index contributed by atoms with van der Waals surface area (Å²) in [6.07, 6.45) is 2.13. The fourth-order valence-corrected chi connectivity index (χ4v) is 2.27. The standard InChI is InChI=1S/C12H18N4O2/c1-9-5-6-11(16(17)18)12(14-9)15(2)10-4-3-7-13-8-10/h5-6,10,13H,3-4,7-8H2,1-2H3. The van der Waals surface area contributed by atoms with Crippen LogP contribution in [0.3, 0.4) is 0 Å². The molecule has 18 heavy (non-hydrogen) atoms. The van der Waals surface area contributed by atoms with Crippen LogP contribution in [0.5, 0.6) is 0 Å². The van der Waals surface area contributed by atoms with Crippen molar-refractivity contribution in [3.05, 3.63) is 27.9 Å². The molecule has 0 aromatic carbocycles. The fourth-order valence-electron chi connectivity index (χ4n) is 2.27. The van der Waals surface area contributed by atoms with Gasteiger partial charge in [-0.25, -0.2) is 4.98 Å². The number of hydrogen-bond acceptors (Lipinski definition) is 5. The molecule has 1 unspecified atom stereocenters. The number of aromatic nitrogens is 1. The molecule has 6 nitrogen and oxygen atoms in total. The van der Waals surface area contributed by atoms with Crippen LogP contribution in [0.2, 0.25) is 0 Å². The maximum absolute atomic E-state index is 11.0. The highest BCUT2D eigenvalue weighted by Crippen LogP contribution is 2.27. The first-order valence-electron chi connectivity index (χ1n) is 6.15. The lowest BCUT2D eigenvalue weighted by Crippen LogP contribution is -2.44. The lowest BCUT2D eigenvalue weighted by Gasteiger charge is -2.32. The molecule has 0 spiro atoms. The summed E-state index contributed by atoms with van der Waals surface area (Å²) in [6, 6.07) is 3.48. The maximum Gasteiger partial charge on any atom is 0.311 e. The monoisotopic (exact) mass is 250 g/mol. The van der Waals surface area contributed by atoms with Gasteiger partial charge < -0.3 is 10.2 Å². The first-order chi connectivity index (χ1) is 8.59. The van der Waals surface area contributed by atoms with Gasteiger partial charge in [-0.3, -0.25) is 10.1 Å². The molecule has 2 heterocycles. The molecule has 98 valence electrons. The van der Waals surface area contributed by atoms with Crippen molar-refractivity contribution in [1.82, 2.24) is 10.3 Å². The summed E-state index contributed by atoms with van der Waals surface area (Å²) in [5.41, 5.74) is 0.875. The predicted molar refractivity (Wildman–Crippen MR) is 69.9 cm³/mol. The number of aryl methyl sites for hydroxylation is 1. The Labute approximate surface area is 106 Å². The Morgan fingerprint density at radius 2 is 2.33 bits per heavy atom. The number of likely N-dealkylation sites (N-methyl/N-ethyl adjacent to an activating group) is 1. The molecule has 1 saturated heterocycles. The zero-order valence-electron chi connectivity index (χ0n) is 10.7. The molecule has 0 saturated carbocycles. The smallest absolute Gasteiger partial charge is 0.311 e. The van der Waals surface area contributed by atoms with Gasteiger partial charge in [0.05, 0.1) is 4.92 Å². The van der Waals surface area contributed by atoms with Crippen LogP contribution in [0.1, 0.15) is 18.5 Å². The Morgan fingerprint density at radius 1 is 1.56 bits per heavy atom. The molecule has 6 heteroatoms. The van der Waals surface area contributed by atoms with E-state index in [1.54, 1.807) is 6.07 Å². The Morgan fingerprint density at radius 3 is 2.94 bits per heavy atom. The molecule has 1 aromatic heterocycles. The quantitative estimate of drug-likeness (QED) is 0.650. The van der Waals surface area contributed by atoms with Crippen molar-refractivity contribution in [3.63, 3.8) is 0 Å².